The van der Waals surface area contributed by atoms with Crippen molar-refractivity contribution in [1.29, 1.82) is 0 Å². The first-order valence-electron chi connectivity index (χ1n) is 14.9. The molecule has 1 aromatic carbocycles. The highest BCUT2D eigenvalue weighted by atomic mass is 16.6. The van der Waals surface area contributed by atoms with Gasteiger partial charge in [-0.05, 0) is 119 Å². The highest BCUT2D eigenvalue weighted by Gasteiger charge is 2.67. The van der Waals surface area contributed by atoms with Crippen molar-refractivity contribution in [2.45, 2.75) is 104 Å². The number of rotatable bonds is 5. The van der Waals surface area contributed by atoms with Crippen LogP contribution < -0.4 is 4.90 Å². The summed E-state index contributed by atoms with van der Waals surface area (Å²) < 4.78 is 6.07. The second kappa shape index (κ2) is 10.2. The first kappa shape index (κ1) is 28.6. The number of ether oxygens (including phenoxy) is 1. The number of oxime groups is 1. The Balaban J connectivity index is 1.63. The van der Waals surface area contributed by atoms with Crippen LogP contribution in [0.1, 0.15) is 98.0 Å². The van der Waals surface area contributed by atoms with Gasteiger partial charge < -0.3 is 14.5 Å². The number of Topliss-reactive ketones (excluding diaryl/α,β-unsaturated/α-hetero) is 1. The SMILES string of the molecule is CC(=O)OC1(C(C)=O)CCC2C3CCC4=C/C(=N\OC(C)(C)C)CCC4=C3C(c3ccc(N(C)C)cc3)CC21C. The number of hydrogen-bond donors (Lipinski definition) is 0. The molecule has 0 spiro atoms. The molecule has 2 saturated carbocycles. The van der Waals surface area contributed by atoms with Gasteiger partial charge in [0.15, 0.2) is 11.4 Å². The third-order valence-corrected chi connectivity index (χ3v) is 10.0. The van der Waals surface area contributed by atoms with E-state index < -0.39 is 11.0 Å². The average Bonchev–Trinajstić information content (AvgIpc) is 3.18. The molecule has 1 aromatic rings. The molecule has 0 bridgehead atoms. The third kappa shape index (κ3) is 4.81. The van der Waals surface area contributed by atoms with Gasteiger partial charge >= 0.3 is 5.97 Å². The van der Waals surface area contributed by atoms with Crippen molar-refractivity contribution in [2.24, 2.45) is 22.4 Å². The van der Waals surface area contributed by atoms with E-state index in [0.29, 0.717) is 18.3 Å². The molecule has 0 radical (unpaired) electrons. The van der Waals surface area contributed by atoms with Gasteiger partial charge in [-0.25, -0.2) is 0 Å². The fourth-order valence-electron chi connectivity index (χ4n) is 8.29. The van der Waals surface area contributed by atoms with Crippen LogP contribution in [0.5, 0.6) is 0 Å². The summed E-state index contributed by atoms with van der Waals surface area (Å²) >= 11 is 0. The van der Waals surface area contributed by atoms with Gasteiger partial charge in [0.05, 0.1) is 5.71 Å². The number of hydrogen-bond acceptors (Lipinski definition) is 6. The van der Waals surface area contributed by atoms with E-state index in [1.165, 1.54) is 29.3 Å². The van der Waals surface area contributed by atoms with E-state index >= 15 is 0 Å². The van der Waals surface area contributed by atoms with E-state index in [2.05, 4.69) is 61.4 Å². The molecular formula is C34H46N2O4. The van der Waals surface area contributed by atoms with Gasteiger partial charge in [-0.3, -0.25) is 9.59 Å². The van der Waals surface area contributed by atoms with Crippen molar-refractivity contribution in [2.75, 3.05) is 19.0 Å². The fraction of sp³-hybridized carbons (Fsp3) is 0.618. The molecule has 4 aliphatic carbocycles. The van der Waals surface area contributed by atoms with Crippen LogP contribution in [-0.4, -0.2) is 42.8 Å². The number of allylic oxidation sites excluding steroid dienone is 4. The quantitative estimate of drug-likeness (QED) is 0.290. The van der Waals surface area contributed by atoms with Crippen LogP contribution in [0.3, 0.4) is 0 Å². The van der Waals surface area contributed by atoms with Crippen LogP contribution in [0.4, 0.5) is 5.69 Å². The summed E-state index contributed by atoms with van der Waals surface area (Å²) in [6.07, 6.45) is 8.44. The zero-order chi connectivity index (χ0) is 29.0. The monoisotopic (exact) mass is 546 g/mol. The highest BCUT2D eigenvalue weighted by molar-refractivity contribution is 5.97. The molecule has 0 aromatic heterocycles. The molecule has 5 atom stereocenters. The summed E-state index contributed by atoms with van der Waals surface area (Å²) in [5.41, 5.74) is 6.10. The number of esters is 1. The number of nitrogens with zero attached hydrogens (tertiary/aromatic N) is 2. The molecule has 40 heavy (non-hydrogen) atoms. The van der Waals surface area contributed by atoms with Crippen LogP contribution in [0.25, 0.3) is 0 Å². The smallest absolute Gasteiger partial charge is 0.303 e. The Bertz CT molecular complexity index is 1280. The number of anilines is 1. The maximum atomic E-state index is 13.4. The van der Waals surface area contributed by atoms with Crippen LogP contribution in [0, 0.1) is 17.3 Å². The zero-order valence-corrected chi connectivity index (χ0v) is 25.6. The number of carbonyl (C=O) groups is 2. The highest BCUT2D eigenvalue weighted by Crippen LogP contribution is 2.67. The molecule has 2 fully saturated rings. The molecule has 6 heteroatoms. The van der Waals surface area contributed by atoms with E-state index in [4.69, 9.17) is 9.57 Å². The standard InChI is InChI=1S/C34H46N2O4/c1-21(37)34(39-22(2)38)18-17-30-28-15-11-24-19-25(35-40-32(3,4)5)12-16-27(24)31(28)29(20-33(30,34)6)23-9-13-26(14-10-23)36(7)8/h9-10,13-14,19,28-30H,11-12,15-18,20H2,1-8H3/b35-25-. The van der Waals surface area contributed by atoms with Crippen molar-refractivity contribution >= 4 is 23.2 Å². The Kier molecular flexibility index (Phi) is 7.29. The molecule has 0 N–H and O–H groups in total. The minimum atomic E-state index is -1.06. The van der Waals surface area contributed by atoms with E-state index in [0.717, 1.165) is 44.2 Å². The molecule has 0 aliphatic heterocycles. The number of carbonyl (C=O) groups excluding carboxylic acids is 2. The number of benzene rings is 1. The van der Waals surface area contributed by atoms with Crippen molar-refractivity contribution in [3.8, 4) is 0 Å². The van der Waals surface area contributed by atoms with Crippen molar-refractivity contribution in [3.05, 3.63) is 52.6 Å². The molecule has 6 nitrogen and oxygen atoms in total. The molecule has 0 amide bonds. The number of fused-ring (bicyclic) bond motifs is 4. The van der Waals surface area contributed by atoms with Gasteiger partial charge in [0.1, 0.15) is 5.60 Å². The lowest BCUT2D eigenvalue weighted by molar-refractivity contribution is -0.182. The number of ketones is 1. The van der Waals surface area contributed by atoms with E-state index in [-0.39, 0.29) is 23.3 Å². The summed E-state index contributed by atoms with van der Waals surface area (Å²) in [6, 6.07) is 8.90. The maximum Gasteiger partial charge on any atom is 0.303 e. The third-order valence-electron chi connectivity index (χ3n) is 10.0. The lowest BCUT2D eigenvalue weighted by atomic mass is 9.50. The van der Waals surface area contributed by atoms with Crippen molar-refractivity contribution in [1.82, 2.24) is 0 Å². The van der Waals surface area contributed by atoms with Crippen LogP contribution in [0.2, 0.25) is 0 Å². The molecule has 5 unspecified atom stereocenters. The van der Waals surface area contributed by atoms with E-state index in [1.807, 2.05) is 20.8 Å². The van der Waals surface area contributed by atoms with E-state index in [9.17, 15) is 9.59 Å². The van der Waals surface area contributed by atoms with Gasteiger partial charge in [-0.2, -0.15) is 0 Å². The lowest BCUT2D eigenvalue weighted by Gasteiger charge is -2.55. The average molecular weight is 547 g/mol. The largest absolute Gasteiger partial charge is 0.451 e. The summed E-state index contributed by atoms with van der Waals surface area (Å²) in [7, 11) is 4.12. The Hall–Kier alpha value is -2.89. The summed E-state index contributed by atoms with van der Waals surface area (Å²) in [5.74, 6) is 0.456. The van der Waals surface area contributed by atoms with E-state index in [1.54, 1.807) is 12.5 Å². The first-order chi connectivity index (χ1) is 18.8. The van der Waals surface area contributed by atoms with Gasteiger partial charge in [0.2, 0.25) is 0 Å². The second-order valence-electron chi connectivity index (χ2n) is 13.8. The molecule has 0 saturated heterocycles. The van der Waals surface area contributed by atoms with Gasteiger partial charge in [-0.15, -0.1) is 0 Å². The van der Waals surface area contributed by atoms with Crippen LogP contribution >= 0.6 is 0 Å². The predicted molar refractivity (Wildman–Crippen MR) is 159 cm³/mol. The summed E-state index contributed by atoms with van der Waals surface area (Å²) in [4.78, 5) is 33.6. The zero-order valence-electron chi connectivity index (χ0n) is 25.6. The summed E-state index contributed by atoms with van der Waals surface area (Å²) in [6.45, 7) is 11.4. The fourth-order valence-corrected chi connectivity index (χ4v) is 8.29. The normalized spacial score (nSPS) is 32.5. The van der Waals surface area contributed by atoms with Gasteiger partial charge in [0, 0.05) is 38.0 Å². The lowest BCUT2D eigenvalue weighted by Crippen LogP contribution is -2.57. The minimum Gasteiger partial charge on any atom is -0.451 e. The van der Waals surface area contributed by atoms with Gasteiger partial charge in [0.25, 0.3) is 0 Å². The Labute approximate surface area is 239 Å². The Morgan fingerprint density at radius 1 is 1.02 bits per heavy atom. The Morgan fingerprint density at radius 2 is 1.73 bits per heavy atom. The van der Waals surface area contributed by atoms with Crippen LogP contribution in [0.15, 0.2) is 52.2 Å². The van der Waals surface area contributed by atoms with Crippen molar-refractivity contribution < 1.29 is 19.2 Å². The molecule has 216 valence electrons. The molecular weight excluding hydrogens is 500 g/mol. The molecule has 4 aliphatic rings. The predicted octanol–water partition coefficient (Wildman–Crippen LogP) is 7.15. The molecule has 5 rings (SSSR count). The van der Waals surface area contributed by atoms with Gasteiger partial charge in [-0.1, -0.05) is 29.8 Å². The second-order valence-corrected chi connectivity index (χ2v) is 13.8. The summed E-state index contributed by atoms with van der Waals surface area (Å²) in [5, 5.41) is 4.51. The Morgan fingerprint density at radius 3 is 2.33 bits per heavy atom. The topological polar surface area (TPSA) is 68.2 Å². The van der Waals surface area contributed by atoms with Crippen molar-refractivity contribution in [3.63, 3.8) is 0 Å². The first-order valence-corrected chi connectivity index (χ1v) is 14.9. The molecule has 0 heterocycles. The van der Waals surface area contributed by atoms with Crippen LogP contribution in [-0.2, 0) is 19.2 Å². The maximum absolute atomic E-state index is 13.4. The minimum absolute atomic E-state index is 0.0146.